The van der Waals surface area contributed by atoms with Crippen LogP contribution < -0.4 is 4.72 Å². The fraction of sp³-hybridized carbons (Fsp3) is 0.538. The highest BCUT2D eigenvalue weighted by Gasteiger charge is 2.19. The number of aryl methyl sites for hydroxylation is 1. The largest absolute Gasteiger partial charge is 0.377 e. The van der Waals surface area contributed by atoms with Gasteiger partial charge in [-0.3, -0.25) is 0 Å². The topological polar surface area (TPSA) is 55.4 Å². The Morgan fingerprint density at radius 3 is 2.61 bits per heavy atom. The molecule has 0 bridgehead atoms. The number of rotatable bonds is 5. The molecule has 0 aliphatic carbocycles. The Labute approximate surface area is 108 Å². The lowest BCUT2D eigenvalue weighted by atomic mass is 10.2. The first kappa shape index (κ1) is 13.5. The molecule has 0 spiro atoms. The Kier molecular flexibility index (Phi) is 4.37. The van der Waals surface area contributed by atoms with Crippen molar-refractivity contribution in [2.24, 2.45) is 0 Å². The minimum Gasteiger partial charge on any atom is -0.377 e. The van der Waals surface area contributed by atoms with Crippen molar-refractivity contribution in [1.82, 2.24) is 4.72 Å². The van der Waals surface area contributed by atoms with Crippen LogP contribution in [0.15, 0.2) is 29.2 Å². The van der Waals surface area contributed by atoms with Crippen LogP contribution in [0.3, 0.4) is 0 Å². The molecular weight excluding hydrogens is 250 g/mol. The van der Waals surface area contributed by atoms with Crippen molar-refractivity contribution in [3.05, 3.63) is 29.8 Å². The van der Waals surface area contributed by atoms with Crippen molar-refractivity contribution in [3.8, 4) is 0 Å². The molecule has 100 valence electrons. The summed E-state index contributed by atoms with van der Waals surface area (Å²) in [4.78, 5) is 0.317. The van der Waals surface area contributed by atoms with Crippen LogP contribution in [-0.2, 0) is 21.2 Å². The van der Waals surface area contributed by atoms with E-state index >= 15 is 0 Å². The second-order valence-electron chi connectivity index (χ2n) is 4.48. The van der Waals surface area contributed by atoms with E-state index in [0.29, 0.717) is 11.4 Å². The maximum atomic E-state index is 12.0. The van der Waals surface area contributed by atoms with Gasteiger partial charge in [-0.05, 0) is 37.0 Å². The Hall–Kier alpha value is -0.910. The molecule has 0 unspecified atom stereocenters. The SMILES string of the molecule is CCc1ccc(S(=O)(=O)NC[C@@H]2CCCO2)cc1. The van der Waals surface area contributed by atoms with Crippen molar-refractivity contribution >= 4 is 10.0 Å². The van der Waals surface area contributed by atoms with Gasteiger partial charge in [0.05, 0.1) is 11.0 Å². The fourth-order valence-corrected chi connectivity index (χ4v) is 3.06. The summed E-state index contributed by atoms with van der Waals surface area (Å²) in [6.45, 7) is 3.13. The van der Waals surface area contributed by atoms with Gasteiger partial charge in [0.25, 0.3) is 0 Å². The molecule has 1 N–H and O–H groups in total. The van der Waals surface area contributed by atoms with Gasteiger partial charge in [-0.25, -0.2) is 13.1 Å². The second kappa shape index (κ2) is 5.82. The molecule has 4 nitrogen and oxygen atoms in total. The monoisotopic (exact) mass is 269 g/mol. The Morgan fingerprint density at radius 1 is 1.33 bits per heavy atom. The Bertz CT molecular complexity index is 475. The molecule has 1 saturated heterocycles. The molecule has 1 atom stereocenters. The Morgan fingerprint density at radius 2 is 2.06 bits per heavy atom. The highest BCUT2D eigenvalue weighted by molar-refractivity contribution is 7.89. The van der Waals surface area contributed by atoms with Crippen molar-refractivity contribution in [2.45, 2.75) is 37.2 Å². The zero-order valence-electron chi connectivity index (χ0n) is 10.6. The van der Waals surface area contributed by atoms with Crippen LogP contribution in [-0.4, -0.2) is 27.7 Å². The molecule has 1 aromatic rings. The van der Waals surface area contributed by atoms with Crippen LogP contribution >= 0.6 is 0 Å². The molecule has 18 heavy (non-hydrogen) atoms. The van der Waals surface area contributed by atoms with E-state index in [0.717, 1.165) is 31.4 Å². The average Bonchev–Trinajstić information content (AvgIpc) is 2.90. The maximum absolute atomic E-state index is 12.0. The smallest absolute Gasteiger partial charge is 0.240 e. The minimum absolute atomic E-state index is 0.0229. The van der Waals surface area contributed by atoms with E-state index < -0.39 is 10.0 Å². The van der Waals surface area contributed by atoms with Gasteiger partial charge in [-0.2, -0.15) is 0 Å². The predicted octanol–water partition coefficient (Wildman–Crippen LogP) is 1.71. The average molecular weight is 269 g/mol. The highest BCUT2D eigenvalue weighted by atomic mass is 32.2. The van der Waals surface area contributed by atoms with Gasteiger partial charge in [-0.15, -0.1) is 0 Å². The van der Waals surface area contributed by atoms with Gasteiger partial charge in [-0.1, -0.05) is 19.1 Å². The van der Waals surface area contributed by atoms with Crippen LogP contribution in [0.2, 0.25) is 0 Å². The van der Waals surface area contributed by atoms with Crippen molar-refractivity contribution < 1.29 is 13.2 Å². The summed E-state index contributed by atoms with van der Waals surface area (Å²) in [5, 5.41) is 0. The molecule has 0 saturated carbocycles. The summed E-state index contributed by atoms with van der Waals surface area (Å²) in [5.74, 6) is 0. The van der Waals surface area contributed by atoms with Gasteiger partial charge in [0.1, 0.15) is 0 Å². The zero-order chi connectivity index (χ0) is 13.0. The van der Waals surface area contributed by atoms with Crippen molar-refractivity contribution in [1.29, 1.82) is 0 Å². The van der Waals surface area contributed by atoms with Crippen LogP contribution in [0.5, 0.6) is 0 Å². The molecule has 0 aromatic heterocycles. The van der Waals surface area contributed by atoms with Crippen LogP contribution in [0.25, 0.3) is 0 Å². The van der Waals surface area contributed by atoms with Crippen molar-refractivity contribution in [2.75, 3.05) is 13.2 Å². The lowest BCUT2D eigenvalue weighted by Gasteiger charge is -2.11. The first-order valence-electron chi connectivity index (χ1n) is 6.32. The normalized spacial score (nSPS) is 20.2. The highest BCUT2D eigenvalue weighted by Crippen LogP contribution is 2.14. The summed E-state index contributed by atoms with van der Waals surface area (Å²) < 4.78 is 32.0. The number of hydrogen-bond acceptors (Lipinski definition) is 3. The number of benzene rings is 1. The third-order valence-electron chi connectivity index (χ3n) is 3.17. The fourth-order valence-electron chi connectivity index (χ4n) is 2.00. The quantitative estimate of drug-likeness (QED) is 0.885. The van der Waals surface area contributed by atoms with E-state index in [2.05, 4.69) is 4.72 Å². The summed E-state index contributed by atoms with van der Waals surface area (Å²) >= 11 is 0. The Balaban J connectivity index is 2.00. The molecule has 1 fully saturated rings. The summed E-state index contributed by atoms with van der Waals surface area (Å²) in [7, 11) is -3.40. The van der Waals surface area contributed by atoms with Gasteiger partial charge in [0.15, 0.2) is 0 Å². The van der Waals surface area contributed by atoms with E-state index in [1.54, 1.807) is 12.1 Å². The summed E-state index contributed by atoms with van der Waals surface area (Å²) in [6, 6.07) is 6.99. The summed E-state index contributed by atoms with van der Waals surface area (Å²) in [6.07, 6.45) is 2.87. The first-order chi connectivity index (χ1) is 8.62. The molecular formula is C13H19NO3S. The molecule has 2 rings (SSSR count). The molecule has 1 heterocycles. The van der Waals surface area contributed by atoms with Crippen molar-refractivity contribution in [3.63, 3.8) is 0 Å². The second-order valence-corrected chi connectivity index (χ2v) is 6.25. The molecule has 0 radical (unpaired) electrons. The molecule has 5 heteroatoms. The van der Waals surface area contributed by atoms with Crippen LogP contribution in [0.1, 0.15) is 25.3 Å². The van der Waals surface area contributed by atoms with E-state index in [1.807, 2.05) is 19.1 Å². The number of sulfonamides is 1. The van der Waals surface area contributed by atoms with E-state index in [-0.39, 0.29) is 6.10 Å². The molecule has 1 aliphatic heterocycles. The van der Waals surface area contributed by atoms with E-state index in [9.17, 15) is 8.42 Å². The van der Waals surface area contributed by atoms with Gasteiger partial charge < -0.3 is 4.74 Å². The maximum Gasteiger partial charge on any atom is 0.240 e. The number of nitrogens with one attached hydrogen (secondary N) is 1. The third kappa shape index (κ3) is 3.31. The summed E-state index contributed by atoms with van der Waals surface area (Å²) in [5.41, 5.74) is 1.13. The van der Waals surface area contributed by atoms with Gasteiger partial charge in [0.2, 0.25) is 10.0 Å². The van der Waals surface area contributed by atoms with Crippen LogP contribution in [0.4, 0.5) is 0 Å². The van der Waals surface area contributed by atoms with Gasteiger partial charge >= 0.3 is 0 Å². The number of ether oxygens (including phenoxy) is 1. The molecule has 1 aliphatic rings. The zero-order valence-corrected chi connectivity index (χ0v) is 11.4. The first-order valence-corrected chi connectivity index (χ1v) is 7.80. The predicted molar refractivity (Wildman–Crippen MR) is 70.0 cm³/mol. The van der Waals surface area contributed by atoms with Gasteiger partial charge in [0, 0.05) is 13.2 Å². The minimum atomic E-state index is -3.40. The molecule has 0 amide bonds. The van der Waals surface area contributed by atoms with E-state index in [4.69, 9.17) is 4.74 Å². The lowest BCUT2D eigenvalue weighted by molar-refractivity contribution is 0.114. The standard InChI is InChI=1S/C13H19NO3S/c1-2-11-5-7-13(8-6-11)18(15,16)14-10-12-4-3-9-17-12/h5-8,12,14H,2-4,9-10H2,1H3/t12-/m0/s1. The lowest BCUT2D eigenvalue weighted by Crippen LogP contribution is -2.31. The van der Waals surface area contributed by atoms with Crippen LogP contribution in [0, 0.1) is 0 Å². The van der Waals surface area contributed by atoms with E-state index in [1.165, 1.54) is 0 Å². The molecule has 1 aromatic carbocycles. The number of hydrogen-bond donors (Lipinski definition) is 1. The third-order valence-corrected chi connectivity index (χ3v) is 4.61.